The molecule has 1 heteroatoms. The monoisotopic (exact) mass is 184 g/mol. The molecular formula is C12H24O. The fourth-order valence-electron chi connectivity index (χ4n) is 1.72. The van der Waals surface area contributed by atoms with Gasteiger partial charge in [-0.2, -0.15) is 0 Å². The van der Waals surface area contributed by atoms with Crippen molar-refractivity contribution in [2.45, 2.75) is 65.7 Å². The van der Waals surface area contributed by atoms with Gasteiger partial charge in [-0.05, 0) is 19.3 Å². The molecule has 0 amide bonds. The molecule has 0 N–H and O–H groups in total. The normalized spacial score (nSPS) is 10.8. The van der Waals surface area contributed by atoms with Gasteiger partial charge in [-0.1, -0.05) is 40.0 Å². The van der Waals surface area contributed by atoms with Crippen molar-refractivity contribution >= 4 is 5.78 Å². The van der Waals surface area contributed by atoms with Crippen LogP contribution in [-0.2, 0) is 4.79 Å². The lowest BCUT2D eigenvalue weighted by Gasteiger charge is -2.13. The van der Waals surface area contributed by atoms with E-state index in [1.54, 1.807) is 0 Å². The van der Waals surface area contributed by atoms with E-state index in [2.05, 4.69) is 20.8 Å². The van der Waals surface area contributed by atoms with Crippen LogP contribution >= 0.6 is 0 Å². The van der Waals surface area contributed by atoms with Crippen LogP contribution in [0.4, 0.5) is 0 Å². The van der Waals surface area contributed by atoms with Gasteiger partial charge in [0.1, 0.15) is 5.78 Å². The van der Waals surface area contributed by atoms with Crippen molar-refractivity contribution in [3.8, 4) is 0 Å². The second-order valence-corrected chi connectivity index (χ2v) is 3.84. The van der Waals surface area contributed by atoms with Gasteiger partial charge >= 0.3 is 0 Å². The van der Waals surface area contributed by atoms with Crippen LogP contribution in [-0.4, -0.2) is 5.78 Å². The van der Waals surface area contributed by atoms with E-state index in [1.807, 2.05) is 0 Å². The summed E-state index contributed by atoms with van der Waals surface area (Å²) in [6, 6.07) is 0. The number of hydrogen-bond acceptors (Lipinski definition) is 1. The van der Waals surface area contributed by atoms with Crippen molar-refractivity contribution < 1.29 is 4.79 Å². The Hall–Kier alpha value is -0.330. The molecule has 0 atom stereocenters. The lowest BCUT2D eigenvalue weighted by atomic mass is 9.91. The van der Waals surface area contributed by atoms with Crippen LogP contribution in [0.15, 0.2) is 0 Å². The molecule has 0 radical (unpaired) electrons. The van der Waals surface area contributed by atoms with E-state index >= 15 is 0 Å². The Kier molecular flexibility index (Phi) is 8.07. The lowest BCUT2D eigenvalue weighted by molar-refractivity contribution is -0.123. The van der Waals surface area contributed by atoms with Crippen LogP contribution < -0.4 is 0 Å². The number of Topliss-reactive ketones (excluding diaryl/α,β-unsaturated/α-hetero) is 1. The van der Waals surface area contributed by atoms with E-state index in [4.69, 9.17) is 0 Å². The number of unbranched alkanes of at least 4 members (excludes halogenated alkanes) is 1. The summed E-state index contributed by atoms with van der Waals surface area (Å²) in [5.74, 6) is 0.868. The molecule has 0 unspecified atom stereocenters. The van der Waals surface area contributed by atoms with Gasteiger partial charge in [-0.25, -0.2) is 0 Å². The van der Waals surface area contributed by atoms with Gasteiger partial charge in [0, 0.05) is 12.3 Å². The maximum Gasteiger partial charge on any atom is 0.135 e. The Morgan fingerprint density at radius 2 is 1.54 bits per heavy atom. The molecule has 0 aliphatic rings. The van der Waals surface area contributed by atoms with Crippen LogP contribution in [0.1, 0.15) is 65.7 Å². The minimum Gasteiger partial charge on any atom is -0.299 e. The van der Waals surface area contributed by atoms with E-state index in [1.165, 1.54) is 0 Å². The average Bonchev–Trinajstić information content (AvgIpc) is 2.14. The van der Waals surface area contributed by atoms with Gasteiger partial charge in [0.15, 0.2) is 0 Å². The Labute approximate surface area is 82.9 Å². The Bertz CT molecular complexity index is 123. The topological polar surface area (TPSA) is 17.1 Å². The fraction of sp³-hybridized carbons (Fsp3) is 0.917. The van der Waals surface area contributed by atoms with Crippen molar-refractivity contribution in [2.75, 3.05) is 0 Å². The highest BCUT2D eigenvalue weighted by Gasteiger charge is 2.15. The first-order chi connectivity index (χ1) is 6.26. The predicted molar refractivity (Wildman–Crippen MR) is 57.8 cm³/mol. The minimum absolute atomic E-state index is 0.363. The van der Waals surface area contributed by atoms with E-state index in [0.29, 0.717) is 11.7 Å². The van der Waals surface area contributed by atoms with Crippen LogP contribution in [0.2, 0.25) is 0 Å². The third-order valence-corrected chi connectivity index (χ3v) is 2.51. The molecule has 1 nitrogen and oxygen atoms in total. The molecule has 78 valence electrons. The summed E-state index contributed by atoms with van der Waals surface area (Å²) in [4.78, 5) is 11.7. The number of ketones is 1. The van der Waals surface area contributed by atoms with Gasteiger partial charge in [-0.3, -0.25) is 4.79 Å². The van der Waals surface area contributed by atoms with Crippen LogP contribution in [0.5, 0.6) is 0 Å². The van der Waals surface area contributed by atoms with Crippen molar-refractivity contribution in [1.29, 1.82) is 0 Å². The van der Waals surface area contributed by atoms with Crippen molar-refractivity contribution in [2.24, 2.45) is 5.92 Å². The minimum atomic E-state index is 0.363. The van der Waals surface area contributed by atoms with E-state index in [9.17, 15) is 4.79 Å². The highest BCUT2D eigenvalue weighted by molar-refractivity contribution is 5.80. The maximum absolute atomic E-state index is 11.7. The van der Waals surface area contributed by atoms with Crippen LogP contribution in [0.3, 0.4) is 0 Å². The standard InChI is InChI=1S/C12H24O/c1-4-7-10-12(13)11(8-5-2)9-6-3/h11H,4-10H2,1-3H3. The van der Waals surface area contributed by atoms with Crippen molar-refractivity contribution in [3.63, 3.8) is 0 Å². The van der Waals surface area contributed by atoms with Gasteiger partial charge in [0.25, 0.3) is 0 Å². The van der Waals surface area contributed by atoms with E-state index in [-0.39, 0.29) is 0 Å². The summed E-state index contributed by atoms with van der Waals surface area (Å²) >= 11 is 0. The third-order valence-electron chi connectivity index (χ3n) is 2.51. The quantitative estimate of drug-likeness (QED) is 0.558. The zero-order valence-electron chi connectivity index (χ0n) is 9.44. The average molecular weight is 184 g/mol. The van der Waals surface area contributed by atoms with Gasteiger partial charge < -0.3 is 0 Å². The van der Waals surface area contributed by atoms with Crippen molar-refractivity contribution in [1.82, 2.24) is 0 Å². The Morgan fingerprint density at radius 3 is 1.92 bits per heavy atom. The summed E-state index contributed by atoms with van der Waals surface area (Å²) in [7, 11) is 0. The first-order valence-corrected chi connectivity index (χ1v) is 5.78. The second kappa shape index (κ2) is 8.28. The molecule has 0 heterocycles. The number of carbonyl (C=O) groups excluding carboxylic acids is 1. The molecule has 0 aliphatic heterocycles. The smallest absolute Gasteiger partial charge is 0.135 e. The van der Waals surface area contributed by atoms with Crippen LogP contribution in [0.25, 0.3) is 0 Å². The molecule has 0 saturated carbocycles. The zero-order chi connectivity index (χ0) is 10.1. The predicted octanol–water partition coefficient (Wildman–Crippen LogP) is 3.96. The van der Waals surface area contributed by atoms with E-state index < -0.39 is 0 Å². The molecular weight excluding hydrogens is 160 g/mol. The molecule has 0 aliphatic carbocycles. The fourth-order valence-corrected chi connectivity index (χ4v) is 1.72. The summed E-state index contributed by atoms with van der Waals surface area (Å²) in [5, 5.41) is 0. The maximum atomic E-state index is 11.7. The molecule has 0 rings (SSSR count). The molecule has 0 aromatic rings. The molecule has 0 saturated heterocycles. The van der Waals surface area contributed by atoms with Gasteiger partial charge in [0.2, 0.25) is 0 Å². The molecule has 0 aromatic heterocycles. The number of rotatable bonds is 8. The largest absolute Gasteiger partial charge is 0.299 e. The summed E-state index contributed by atoms with van der Waals surface area (Å²) in [6.07, 6.45) is 7.48. The summed E-state index contributed by atoms with van der Waals surface area (Å²) in [5.41, 5.74) is 0. The molecule has 13 heavy (non-hydrogen) atoms. The molecule has 0 bridgehead atoms. The lowest BCUT2D eigenvalue weighted by Crippen LogP contribution is -2.13. The molecule has 0 spiro atoms. The van der Waals surface area contributed by atoms with Crippen molar-refractivity contribution in [3.05, 3.63) is 0 Å². The molecule has 0 aromatic carbocycles. The Balaban J connectivity index is 3.80. The molecule has 0 fully saturated rings. The van der Waals surface area contributed by atoms with Gasteiger partial charge in [-0.15, -0.1) is 0 Å². The van der Waals surface area contributed by atoms with E-state index in [0.717, 1.165) is 44.9 Å². The van der Waals surface area contributed by atoms with Crippen LogP contribution in [0, 0.1) is 5.92 Å². The highest BCUT2D eigenvalue weighted by Crippen LogP contribution is 2.17. The third kappa shape index (κ3) is 5.84. The summed E-state index contributed by atoms with van der Waals surface area (Å²) < 4.78 is 0. The Morgan fingerprint density at radius 1 is 1.00 bits per heavy atom. The van der Waals surface area contributed by atoms with Gasteiger partial charge in [0.05, 0.1) is 0 Å². The first kappa shape index (κ1) is 12.7. The second-order valence-electron chi connectivity index (χ2n) is 3.84. The summed E-state index contributed by atoms with van der Waals surface area (Å²) in [6.45, 7) is 6.47. The highest BCUT2D eigenvalue weighted by atomic mass is 16.1. The number of carbonyl (C=O) groups is 1. The number of hydrogen-bond donors (Lipinski definition) is 0. The zero-order valence-corrected chi connectivity index (χ0v) is 9.44. The first-order valence-electron chi connectivity index (χ1n) is 5.78. The SMILES string of the molecule is CCCCC(=O)C(CCC)CCC.